The van der Waals surface area contributed by atoms with Gasteiger partial charge in [-0.25, -0.2) is 19.4 Å². The second kappa shape index (κ2) is 18.6. The Morgan fingerprint density at radius 1 is 0.885 bits per heavy atom. The molecule has 0 saturated carbocycles. The molecule has 10 nitrogen and oxygen atoms in total. The lowest BCUT2D eigenvalue weighted by Crippen LogP contribution is -2.30. The van der Waals surface area contributed by atoms with Gasteiger partial charge in [0.1, 0.15) is 24.7 Å². The standard InChI is InChI=1S/C41H37N3O7S/c1-4-9-28-12-17-30(18-13-28)31-19-22-36(32(24-31)25-42-44-41-43-35-10-7-8-11-37(35)52-41)51-40(47)23-16-29-14-20-33(21-15-29)48-26-34(50-39(46)6-3)27-49-38(45)5-2/h5-8,10-25,34H,2-4,9,26-27H2,1H3,(H,43,44)/b23-16+,42-25+. The predicted octanol–water partition coefficient (Wildman–Crippen LogP) is 8.19. The molecule has 5 rings (SSSR count). The smallest absolute Gasteiger partial charge is 0.336 e. The summed E-state index contributed by atoms with van der Waals surface area (Å²) < 4.78 is 22.7. The van der Waals surface area contributed by atoms with Crippen LogP contribution in [0, 0.1) is 0 Å². The number of carbonyl (C=O) groups is 3. The number of hydrazone groups is 1. The summed E-state index contributed by atoms with van der Waals surface area (Å²) in [6, 6.07) is 28.7. The van der Waals surface area contributed by atoms with Gasteiger partial charge in [0, 0.05) is 23.8 Å². The van der Waals surface area contributed by atoms with Crippen molar-refractivity contribution in [3.63, 3.8) is 0 Å². The Morgan fingerprint density at radius 2 is 1.63 bits per heavy atom. The van der Waals surface area contributed by atoms with E-state index in [0.29, 0.717) is 27.8 Å². The Labute approximate surface area is 305 Å². The van der Waals surface area contributed by atoms with Gasteiger partial charge in [0.15, 0.2) is 6.10 Å². The van der Waals surface area contributed by atoms with Gasteiger partial charge in [-0.3, -0.25) is 5.43 Å². The molecule has 264 valence electrons. The van der Waals surface area contributed by atoms with Gasteiger partial charge < -0.3 is 18.9 Å². The van der Waals surface area contributed by atoms with E-state index in [1.807, 2.05) is 36.4 Å². The van der Waals surface area contributed by atoms with E-state index >= 15 is 0 Å². The highest BCUT2D eigenvalue weighted by molar-refractivity contribution is 7.22. The number of carbonyl (C=O) groups excluding carboxylic acids is 3. The van der Waals surface area contributed by atoms with E-state index in [2.05, 4.69) is 59.9 Å². The molecule has 0 aliphatic rings. The van der Waals surface area contributed by atoms with E-state index < -0.39 is 24.0 Å². The van der Waals surface area contributed by atoms with Crippen LogP contribution in [0.2, 0.25) is 0 Å². The number of aryl methyl sites for hydroxylation is 1. The van der Waals surface area contributed by atoms with E-state index in [0.717, 1.165) is 46.3 Å². The summed E-state index contributed by atoms with van der Waals surface area (Å²) in [5.74, 6) is -1.10. The monoisotopic (exact) mass is 715 g/mol. The van der Waals surface area contributed by atoms with Crippen molar-refractivity contribution in [2.45, 2.75) is 25.9 Å². The third-order valence-corrected chi connectivity index (χ3v) is 8.40. The van der Waals surface area contributed by atoms with Crippen LogP contribution < -0.4 is 14.9 Å². The molecule has 0 fully saturated rings. The first kappa shape index (κ1) is 36.9. The SMILES string of the molecule is C=CC(=O)OCC(COc1ccc(/C=C/C(=O)Oc2ccc(-c3ccc(CCC)cc3)cc2/C=N/Nc2nc3ccccc3s2)cc1)OC(=O)C=C. The first-order valence-corrected chi connectivity index (χ1v) is 17.3. The van der Waals surface area contributed by atoms with Crippen molar-refractivity contribution in [2.75, 3.05) is 18.6 Å². The Balaban J connectivity index is 1.25. The summed E-state index contributed by atoms with van der Waals surface area (Å²) in [6.45, 7) is 8.58. The molecule has 0 amide bonds. The second-order valence-electron chi connectivity index (χ2n) is 11.3. The fourth-order valence-electron chi connectivity index (χ4n) is 4.88. The largest absolute Gasteiger partial charge is 0.490 e. The number of benzene rings is 4. The van der Waals surface area contributed by atoms with Gasteiger partial charge in [0.05, 0.1) is 16.4 Å². The molecular formula is C41H37N3O7S. The number of anilines is 1. The van der Waals surface area contributed by atoms with Crippen LogP contribution in [0.3, 0.4) is 0 Å². The van der Waals surface area contributed by atoms with E-state index in [1.54, 1.807) is 42.6 Å². The maximum Gasteiger partial charge on any atom is 0.336 e. The number of aromatic nitrogens is 1. The van der Waals surface area contributed by atoms with Gasteiger partial charge in [0.2, 0.25) is 5.13 Å². The first-order chi connectivity index (χ1) is 25.3. The number of hydrogen-bond donors (Lipinski definition) is 1. The van der Waals surface area contributed by atoms with Crippen molar-refractivity contribution in [2.24, 2.45) is 5.10 Å². The molecule has 4 aromatic carbocycles. The fraction of sp³-hybridized carbons (Fsp3) is 0.146. The van der Waals surface area contributed by atoms with Gasteiger partial charge in [-0.15, -0.1) is 0 Å². The Hall–Kier alpha value is -6.33. The van der Waals surface area contributed by atoms with Crippen LogP contribution in [0.15, 0.2) is 127 Å². The number of nitrogens with zero attached hydrogens (tertiary/aromatic N) is 2. The minimum Gasteiger partial charge on any atom is -0.490 e. The lowest BCUT2D eigenvalue weighted by molar-refractivity contribution is -0.154. The molecule has 0 aliphatic carbocycles. The minimum absolute atomic E-state index is 0.0732. The van der Waals surface area contributed by atoms with Crippen LogP contribution in [0.5, 0.6) is 11.5 Å². The van der Waals surface area contributed by atoms with Gasteiger partial charge in [-0.05, 0) is 71.1 Å². The fourth-order valence-corrected chi connectivity index (χ4v) is 5.70. The summed E-state index contributed by atoms with van der Waals surface area (Å²) in [5.41, 5.74) is 8.44. The predicted molar refractivity (Wildman–Crippen MR) is 205 cm³/mol. The summed E-state index contributed by atoms with van der Waals surface area (Å²) in [6.07, 6.45) is 7.80. The zero-order chi connectivity index (χ0) is 36.7. The Kier molecular flexibility index (Phi) is 13.2. The molecule has 0 saturated heterocycles. The summed E-state index contributed by atoms with van der Waals surface area (Å²) >= 11 is 1.49. The maximum atomic E-state index is 13.0. The Bertz CT molecular complexity index is 2050. The van der Waals surface area contributed by atoms with E-state index in [-0.39, 0.29) is 13.2 Å². The lowest BCUT2D eigenvalue weighted by Gasteiger charge is -2.17. The quantitative estimate of drug-likeness (QED) is 0.0334. The van der Waals surface area contributed by atoms with Crippen molar-refractivity contribution >= 4 is 56.9 Å². The normalized spacial score (nSPS) is 11.6. The van der Waals surface area contributed by atoms with Crippen molar-refractivity contribution in [1.29, 1.82) is 0 Å². The van der Waals surface area contributed by atoms with Crippen molar-refractivity contribution in [3.05, 3.63) is 139 Å². The third kappa shape index (κ3) is 10.8. The Morgan fingerprint density at radius 3 is 2.37 bits per heavy atom. The highest BCUT2D eigenvalue weighted by Crippen LogP contribution is 2.28. The molecular weight excluding hydrogens is 679 g/mol. The molecule has 0 spiro atoms. The van der Waals surface area contributed by atoms with E-state index in [1.165, 1.54) is 23.0 Å². The molecule has 0 bridgehead atoms. The molecule has 1 atom stereocenters. The number of thiazole rings is 1. The number of ether oxygens (including phenoxy) is 4. The number of hydrogen-bond acceptors (Lipinski definition) is 11. The first-order valence-electron chi connectivity index (χ1n) is 16.5. The highest BCUT2D eigenvalue weighted by Gasteiger charge is 2.16. The zero-order valence-corrected chi connectivity index (χ0v) is 29.3. The highest BCUT2D eigenvalue weighted by atomic mass is 32.1. The average molecular weight is 716 g/mol. The van der Waals surface area contributed by atoms with Gasteiger partial charge in [-0.1, -0.05) is 92.4 Å². The lowest BCUT2D eigenvalue weighted by atomic mass is 10.0. The molecule has 5 aromatic rings. The number of nitrogens with one attached hydrogen (secondary N) is 1. The van der Waals surface area contributed by atoms with E-state index in [9.17, 15) is 14.4 Å². The summed E-state index contributed by atoms with van der Waals surface area (Å²) in [7, 11) is 0. The van der Waals surface area contributed by atoms with Crippen LogP contribution in [0.25, 0.3) is 27.4 Å². The van der Waals surface area contributed by atoms with Crippen LogP contribution >= 0.6 is 11.3 Å². The van der Waals surface area contributed by atoms with Gasteiger partial charge in [0.25, 0.3) is 0 Å². The summed E-state index contributed by atoms with van der Waals surface area (Å²) in [4.78, 5) is 40.6. The van der Waals surface area contributed by atoms with Crippen LogP contribution in [0.1, 0.15) is 30.0 Å². The molecule has 1 unspecified atom stereocenters. The van der Waals surface area contributed by atoms with Crippen LogP contribution in [0.4, 0.5) is 5.13 Å². The molecule has 11 heteroatoms. The van der Waals surface area contributed by atoms with Crippen molar-refractivity contribution < 1.29 is 33.3 Å². The average Bonchev–Trinajstić information content (AvgIpc) is 3.59. The van der Waals surface area contributed by atoms with E-state index in [4.69, 9.17) is 18.9 Å². The van der Waals surface area contributed by atoms with Crippen molar-refractivity contribution in [1.82, 2.24) is 4.98 Å². The molecule has 1 aromatic heterocycles. The van der Waals surface area contributed by atoms with Gasteiger partial charge >= 0.3 is 17.9 Å². The van der Waals surface area contributed by atoms with Crippen molar-refractivity contribution in [3.8, 4) is 22.6 Å². The third-order valence-electron chi connectivity index (χ3n) is 7.46. The molecule has 0 aliphatic heterocycles. The van der Waals surface area contributed by atoms with Crippen LogP contribution in [-0.2, 0) is 30.3 Å². The maximum absolute atomic E-state index is 13.0. The number of esters is 3. The molecule has 0 radical (unpaired) electrons. The topological polar surface area (TPSA) is 125 Å². The zero-order valence-electron chi connectivity index (χ0n) is 28.5. The second-order valence-corrected chi connectivity index (χ2v) is 12.3. The summed E-state index contributed by atoms with van der Waals surface area (Å²) in [5, 5.41) is 5.05. The number of rotatable bonds is 17. The number of fused-ring (bicyclic) bond motifs is 1. The molecule has 52 heavy (non-hydrogen) atoms. The van der Waals surface area contributed by atoms with Crippen LogP contribution in [-0.4, -0.2) is 48.4 Å². The minimum atomic E-state index is -0.859. The molecule has 1 heterocycles. The number of para-hydroxylation sites is 1. The molecule has 1 N–H and O–H groups in total. The van der Waals surface area contributed by atoms with Gasteiger partial charge in [-0.2, -0.15) is 5.10 Å².